The molecule has 0 bridgehead atoms. The van der Waals surface area contributed by atoms with Crippen molar-refractivity contribution in [2.24, 2.45) is 0 Å². The molecule has 0 aliphatic carbocycles. The molecule has 0 aromatic heterocycles. The van der Waals surface area contributed by atoms with Gasteiger partial charge in [0.1, 0.15) is 6.54 Å². The fourth-order valence-electron chi connectivity index (χ4n) is 4.00. The minimum Gasteiger partial charge on any atom is -0.350 e. The zero-order chi connectivity index (χ0) is 22.5. The molecule has 0 spiro atoms. The highest BCUT2D eigenvalue weighted by Gasteiger charge is 2.40. The molecule has 1 N–H and O–H groups in total. The summed E-state index contributed by atoms with van der Waals surface area (Å²) in [6.07, 6.45) is 4.14. The third kappa shape index (κ3) is 5.27. The third-order valence-electron chi connectivity index (χ3n) is 5.74. The van der Waals surface area contributed by atoms with Crippen LogP contribution >= 0.6 is 23.4 Å². The number of amides is 3. The predicted molar refractivity (Wildman–Crippen MR) is 127 cm³/mol. The van der Waals surface area contributed by atoms with Gasteiger partial charge in [0, 0.05) is 29.6 Å². The molecule has 2 aliphatic heterocycles. The number of nitrogens with zero attached hydrogens (tertiary/aromatic N) is 2. The van der Waals surface area contributed by atoms with Crippen molar-refractivity contribution in [1.29, 1.82) is 0 Å². The Balaban J connectivity index is 1.48. The van der Waals surface area contributed by atoms with E-state index in [1.54, 1.807) is 12.1 Å². The Kier molecular flexibility index (Phi) is 7.37. The van der Waals surface area contributed by atoms with Crippen molar-refractivity contribution in [3.05, 3.63) is 59.1 Å². The first-order chi connectivity index (χ1) is 15.5. The standard InChI is InChI=1S/C24H26ClN3O3S/c25-18-11-9-17(10-12-18)15-26-21(29)16-28-19-7-3-4-8-20(19)32-22(24(28)31)23(30)27-13-5-1-2-6-14-27/h3-4,7-12,22H,1-2,5-6,13-16H2,(H,26,29)/t22-/m1/s1. The van der Waals surface area contributed by atoms with Gasteiger partial charge in [-0.2, -0.15) is 0 Å². The van der Waals surface area contributed by atoms with Gasteiger partial charge >= 0.3 is 0 Å². The van der Waals surface area contributed by atoms with Gasteiger partial charge in [-0.15, -0.1) is 11.8 Å². The molecule has 4 rings (SSSR count). The summed E-state index contributed by atoms with van der Waals surface area (Å²) >= 11 is 7.20. The number of para-hydroxylation sites is 1. The highest BCUT2D eigenvalue weighted by molar-refractivity contribution is 8.01. The van der Waals surface area contributed by atoms with Crippen LogP contribution in [0, 0.1) is 0 Å². The Hall–Kier alpha value is -2.51. The minimum atomic E-state index is -0.855. The van der Waals surface area contributed by atoms with Crippen LogP contribution in [0.2, 0.25) is 5.02 Å². The van der Waals surface area contributed by atoms with Crippen LogP contribution in [0.5, 0.6) is 0 Å². The maximum atomic E-state index is 13.4. The predicted octanol–water partition coefficient (Wildman–Crippen LogP) is 3.87. The molecule has 2 aliphatic rings. The van der Waals surface area contributed by atoms with Crippen LogP contribution in [0.4, 0.5) is 5.69 Å². The van der Waals surface area contributed by atoms with E-state index in [0.29, 0.717) is 30.3 Å². The highest BCUT2D eigenvalue weighted by atomic mass is 35.5. The fraction of sp³-hybridized carbons (Fsp3) is 0.375. The van der Waals surface area contributed by atoms with Crippen molar-refractivity contribution in [1.82, 2.24) is 10.2 Å². The van der Waals surface area contributed by atoms with Gasteiger partial charge in [0.05, 0.1) is 5.69 Å². The average molecular weight is 472 g/mol. The summed E-state index contributed by atoms with van der Waals surface area (Å²) < 4.78 is 0. The number of likely N-dealkylation sites (tertiary alicyclic amines) is 1. The summed E-state index contributed by atoms with van der Waals surface area (Å²) in [6.45, 7) is 1.58. The first-order valence-corrected chi connectivity index (χ1v) is 12.2. The van der Waals surface area contributed by atoms with Gasteiger partial charge in [0.2, 0.25) is 11.8 Å². The van der Waals surface area contributed by atoms with E-state index in [0.717, 1.165) is 36.1 Å². The second-order valence-corrected chi connectivity index (χ2v) is 9.62. The van der Waals surface area contributed by atoms with Gasteiger partial charge in [-0.05, 0) is 42.7 Å². The normalized spacial score (nSPS) is 18.7. The number of hydrogen-bond donors (Lipinski definition) is 1. The number of rotatable bonds is 5. The number of fused-ring (bicyclic) bond motifs is 1. The van der Waals surface area contributed by atoms with Crippen molar-refractivity contribution >= 4 is 46.8 Å². The molecule has 168 valence electrons. The summed E-state index contributed by atoms with van der Waals surface area (Å²) in [6, 6.07) is 14.7. The second-order valence-electron chi connectivity index (χ2n) is 8.03. The van der Waals surface area contributed by atoms with Crippen LogP contribution in [-0.4, -0.2) is 47.5 Å². The Morgan fingerprint density at radius 1 is 1.00 bits per heavy atom. The van der Waals surface area contributed by atoms with Crippen molar-refractivity contribution in [2.45, 2.75) is 42.4 Å². The van der Waals surface area contributed by atoms with Gasteiger partial charge in [-0.1, -0.05) is 48.7 Å². The van der Waals surface area contributed by atoms with Gasteiger partial charge in [-0.25, -0.2) is 0 Å². The summed E-state index contributed by atoms with van der Waals surface area (Å²) in [5, 5.41) is 2.63. The Morgan fingerprint density at radius 2 is 1.69 bits per heavy atom. The van der Waals surface area contributed by atoms with Crippen LogP contribution in [-0.2, 0) is 20.9 Å². The number of halogens is 1. The maximum absolute atomic E-state index is 13.4. The molecule has 1 atom stereocenters. The van der Waals surface area contributed by atoms with Crippen LogP contribution in [0.25, 0.3) is 0 Å². The Morgan fingerprint density at radius 3 is 2.41 bits per heavy atom. The molecule has 0 radical (unpaired) electrons. The zero-order valence-corrected chi connectivity index (χ0v) is 19.3. The fourth-order valence-corrected chi connectivity index (χ4v) is 5.31. The largest absolute Gasteiger partial charge is 0.350 e. The molecule has 3 amide bonds. The van der Waals surface area contributed by atoms with Gasteiger partial charge in [-0.3, -0.25) is 14.4 Å². The number of carbonyl (C=O) groups excluding carboxylic acids is 3. The summed E-state index contributed by atoms with van der Waals surface area (Å²) in [5.74, 6) is -0.761. The Labute approximate surface area is 197 Å². The monoisotopic (exact) mass is 471 g/mol. The lowest BCUT2D eigenvalue weighted by atomic mass is 10.2. The van der Waals surface area contributed by atoms with E-state index in [1.807, 2.05) is 41.3 Å². The number of thioether (sulfide) groups is 1. The molecule has 2 aromatic carbocycles. The zero-order valence-electron chi connectivity index (χ0n) is 17.8. The minimum absolute atomic E-state index is 0.131. The number of nitrogens with one attached hydrogen (secondary N) is 1. The number of benzene rings is 2. The number of hydrogen-bond acceptors (Lipinski definition) is 4. The van der Waals surface area contributed by atoms with Crippen LogP contribution in [0.1, 0.15) is 31.2 Å². The van der Waals surface area contributed by atoms with Crippen molar-refractivity contribution in [2.75, 3.05) is 24.5 Å². The summed E-state index contributed by atoms with van der Waals surface area (Å²) in [5.41, 5.74) is 1.59. The third-order valence-corrected chi connectivity index (χ3v) is 7.23. The van der Waals surface area contributed by atoms with Crippen LogP contribution in [0.3, 0.4) is 0 Å². The molecule has 32 heavy (non-hydrogen) atoms. The van der Waals surface area contributed by atoms with Crippen LogP contribution < -0.4 is 10.2 Å². The summed E-state index contributed by atoms with van der Waals surface area (Å²) in [4.78, 5) is 43.4. The molecular weight excluding hydrogens is 446 g/mol. The van der Waals surface area contributed by atoms with Crippen molar-refractivity contribution in [3.63, 3.8) is 0 Å². The number of anilines is 1. The maximum Gasteiger partial charge on any atom is 0.250 e. The highest BCUT2D eigenvalue weighted by Crippen LogP contribution is 2.39. The SMILES string of the molecule is O=C(CN1C(=O)[C@@H](C(=O)N2CCCCCC2)Sc2ccccc21)NCc1ccc(Cl)cc1. The Bertz CT molecular complexity index is 990. The van der Waals surface area contributed by atoms with E-state index in [4.69, 9.17) is 11.6 Å². The molecule has 1 saturated heterocycles. The first kappa shape index (κ1) is 22.7. The number of carbonyl (C=O) groups is 3. The molecule has 2 heterocycles. The molecule has 8 heteroatoms. The van der Waals surface area contributed by atoms with Crippen molar-refractivity contribution in [3.8, 4) is 0 Å². The molecule has 0 unspecified atom stereocenters. The van der Waals surface area contributed by atoms with Gasteiger partial charge in [0.25, 0.3) is 5.91 Å². The van der Waals surface area contributed by atoms with E-state index < -0.39 is 5.25 Å². The van der Waals surface area contributed by atoms with E-state index in [2.05, 4.69) is 5.32 Å². The second kappa shape index (κ2) is 10.4. The van der Waals surface area contributed by atoms with Gasteiger partial charge in [0.15, 0.2) is 5.25 Å². The molecule has 2 aromatic rings. The van der Waals surface area contributed by atoms with Gasteiger partial charge < -0.3 is 15.1 Å². The molecule has 1 fully saturated rings. The van der Waals surface area contributed by atoms with Crippen molar-refractivity contribution < 1.29 is 14.4 Å². The van der Waals surface area contributed by atoms with E-state index >= 15 is 0 Å². The average Bonchev–Trinajstić information content (AvgIpc) is 3.09. The smallest absolute Gasteiger partial charge is 0.250 e. The topological polar surface area (TPSA) is 69.7 Å². The first-order valence-electron chi connectivity index (χ1n) is 10.9. The van der Waals surface area contributed by atoms with E-state index in [9.17, 15) is 14.4 Å². The lowest BCUT2D eigenvalue weighted by Gasteiger charge is -2.34. The van der Waals surface area contributed by atoms with Crippen LogP contribution in [0.15, 0.2) is 53.4 Å². The molecule has 6 nitrogen and oxygen atoms in total. The summed E-state index contributed by atoms with van der Waals surface area (Å²) in [7, 11) is 0. The lowest BCUT2D eigenvalue weighted by Crippen LogP contribution is -2.52. The molecular formula is C24H26ClN3O3S. The quantitative estimate of drug-likeness (QED) is 0.672. The van der Waals surface area contributed by atoms with E-state index in [-0.39, 0.29) is 24.3 Å². The van der Waals surface area contributed by atoms with E-state index in [1.165, 1.54) is 16.7 Å². The lowest BCUT2D eigenvalue weighted by molar-refractivity contribution is -0.135. The molecule has 0 saturated carbocycles.